The Bertz CT molecular complexity index is 750. The standard InChI is InChI=1S/C22H25N/c1-5-19-11-8-9-16(2)22(19)18(4)15-17(3)21-12-7-6-10-20(21)13-14-23/h6-12,14-15,23H,4-5,13H2,1-3H3/b17-15-,23-14?. The normalized spacial score (nSPS) is 11.3. The summed E-state index contributed by atoms with van der Waals surface area (Å²) in [7, 11) is 0. The zero-order valence-corrected chi connectivity index (χ0v) is 14.3. The van der Waals surface area contributed by atoms with Gasteiger partial charge in [0.2, 0.25) is 0 Å². The van der Waals surface area contributed by atoms with Crippen LogP contribution >= 0.6 is 0 Å². The van der Waals surface area contributed by atoms with Crippen molar-refractivity contribution < 1.29 is 0 Å². The predicted molar refractivity (Wildman–Crippen MR) is 102 cm³/mol. The summed E-state index contributed by atoms with van der Waals surface area (Å²) in [5, 5.41) is 7.37. The van der Waals surface area contributed by atoms with E-state index in [4.69, 9.17) is 5.41 Å². The number of hydrogen-bond donors (Lipinski definition) is 1. The van der Waals surface area contributed by atoms with Crippen molar-refractivity contribution in [1.29, 1.82) is 5.41 Å². The van der Waals surface area contributed by atoms with Gasteiger partial charge in [0.1, 0.15) is 0 Å². The minimum Gasteiger partial charge on any atom is -0.313 e. The van der Waals surface area contributed by atoms with Crippen molar-refractivity contribution >= 4 is 17.4 Å². The van der Waals surface area contributed by atoms with E-state index in [1.54, 1.807) is 0 Å². The molecule has 0 saturated heterocycles. The van der Waals surface area contributed by atoms with E-state index < -0.39 is 0 Å². The summed E-state index contributed by atoms with van der Waals surface area (Å²) in [6, 6.07) is 14.7. The van der Waals surface area contributed by atoms with Gasteiger partial charge in [-0.2, -0.15) is 0 Å². The van der Waals surface area contributed by atoms with Gasteiger partial charge in [-0.15, -0.1) is 0 Å². The first-order chi connectivity index (χ1) is 11.1. The third-order valence-electron chi connectivity index (χ3n) is 4.22. The average molecular weight is 303 g/mol. The molecule has 0 heterocycles. The van der Waals surface area contributed by atoms with Gasteiger partial charge in [-0.25, -0.2) is 0 Å². The molecule has 23 heavy (non-hydrogen) atoms. The maximum absolute atomic E-state index is 7.37. The summed E-state index contributed by atoms with van der Waals surface area (Å²) < 4.78 is 0. The Balaban J connectivity index is 2.43. The van der Waals surface area contributed by atoms with Crippen LogP contribution in [0.5, 0.6) is 0 Å². The van der Waals surface area contributed by atoms with Crippen LogP contribution in [0.25, 0.3) is 11.1 Å². The molecule has 0 aliphatic heterocycles. The van der Waals surface area contributed by atoms with Crippen LogP contribution in [-0.4, -0.2) is 6.21 Å². The molecule has 0 radical (unpaired) electrons. The molecule has 0 bridgehead atoms. The first kappa shape index (κ1) is 17.0. The van der Waals surface area contributed by atoms with Crippen LogP contribution < -0.4 is 0 Å². The second-order valence-electron chi connectivity index (χ2n) is 5.88. The van der Waals surface area contributed by atoms with Gasteiger partial charge >= 0.3 is 0 Å². The molecule has 0 atom stereocenters. The summed E-state index contributed by atoms with van der Waals surface area (Å²) >= 11 is 0. The molecule has 0 fully saturated rings. The summed E-state index contributed by atoms with van der Waals surface area (Å²) in [4.78, 5) is 0. The Morgan fingerprint density at radius 2 is 1.78 bits per heavy atom. The molecule has 118 valence electrons. The van der Waals surface area contributed by atoms with Gasteiger partial charge < -0.3 is 5.41 Å². The molecule has 2 aromatic rings. The first-order valence-electron chi connectivity index (χ1n) is 8.11. The van der Waals surface area contributed by atoms with Crippen LogP contribution in [0.4, 0.5) is 0 Å². The van der Waals surface area contributed by atoms with Crippen LogP contribution in [0.2, 0.25) is 0 Å². The molecule has 2 rings (SSSR count). The van der Waals surface area contributed by atoms with Crippen molar-refractivity contribution in [3.05, 3.63) is 82.9 Å². The van der Waals surface area contributed by atoms with E-state index in [1.807, 2.05) is 12.1 Å². The van der Waals surface area contributed by atoms with Crippen LogP contribution in [0.3, 0.4) is 0 Å². The molecule has 0 unspecified atom stereocenters. The molecule has 1 nitrogen and oxygen atoms in total. The zero-order valence-electron chi connectivity index (χ0n) is 14.3. The summed E-state index contributed by atoms with van der Waals surface area (Å²) in [5.74, 6) is 0. The number of aryl methyl sites for hydroxylation is 2. The molecule has 0 aromatic heterocycles. The molecule has 1 heteroatoms. The first-order valence-corrected chi connectivity index (χ1v) is 8.11. The Morgan fingerprint density at radius 1 is 1.09 bits per heavy atom. The molecule has 0 amide bonds. The van der Waals surface area contributed by atoms with Crippen LogP contribution in [0.15, 0.2) is 55.1 Å². The SMILES string of the molecule is C=C(/C=C(/C)c1ccccc1CC=N)c1c(C)cccc1CC. The van der Waals surface area contributed by atoms with Crippen LogP contribution in [0.1, 0.15) is 41.7 Å². The fraction of sp³-hybridized carbons (Fsp3) is 0.227. The molecule has 0 saturated carbocycles. The minimum absolute atomic E-state index is 0.665. The Hall–Kier alpha value is -2.41. The molecule has 2 aromatic carbocycles. The van der Waals surface area contributed by atoms with Gasteiger partial charge in [0.15, 0.2) is 0 Å². The van der Waals surface area contributed by atoms with Gasteiger partial charge in [-0.05, 0) is 65.4 Å². The van der Waals surface area contributed by atoms with Crippen LogP contribution in [-0.2, 0) is 12.8 Å². The van der Waals surface area contributed by atoms with E-state index in [0.29, 0.717) is 6.42 Å². The third kappa shape index (κ3) is 3.87. The highest BCUT2D eigenvalue weighted by Gasteiger charge is 2.08. The van der Waals surface area contributed by atoms with Gasteiger partial charge in [-0.3, -0.25) is 0 Å². The maximum atomic E-state index is 7.37. The lowest BCUT2D eigenvalue weighted by atomic mass is 9.91. The van der Waals surface area contributed by atoms with Crippen molar-refractivity contribution in [2.75, 3.05) is 0 Å². The highest BCUT2D eigenvalue weighted by atomic mass is 14.3. The van der Waals surface area contributed by atoms with E-state index in [-0.39, 0.29) is 0 Å². The minimum atomic E-state index is 0.665. The molecule has 1 N–H and O–H groups in total. The topological polar surface area (TPSA) is 23.9 Å². The number of allylic oxidation sites excluding steroid dienone is 3. The molecular formula is C22H25N. The smallest absolute Gasteiger partial charge is 0.00775 e. The second kappa shape index (κ2) is 7.73. The van der Waals surface area contributed by atoms with Gasteiger partial charge in [-0.1, -0.05) is 62.0 Å². The largest absolute Gasteiger partial charge is 0.313 e. The lowest BCUT2D eigenvalue weighted by Crippen LogP contribution is -1.96. The van der Waals surface area contributed by atoms with Crippen molar-refractivity contribution in [2.45, 2.75) is 33.6 Å². The lowest BCUT2D eigenvalue weighted by molar-refractivity contribution is 1.12. The molecule has 0 aliphatic carbocycles. The predicted octanol–water partition coefficient (Wildman–Crippen LogP) is 5.87. The van der Waals surface area contributed by atoms with Crippen molar-refractivity contribution in [3.63, 3.8) is 0 Å². The Labute approximate surface area is 139 Å². The van der Waals surface area contributed by atoms with Gasteiger partial charge in [0.25, 0.3) is 0 Å². The monoisotopic (exact) mass is 303 g/mol. The van der Waals surface area contributed by atoms with Crippen LogP contribution in [0, 0.1) is 12.3 Å². The van der Waals surface area contributed by atoms with E-state index in [9.17, 15) is 0 Å². The summed E-state index contributed by atoms with van der Waals surface area (Å²) in [5.41, 5.74) is 8.50. The van der Waals surface area contributed by atoms with Crippen molar-refractivity contribution in [3.8, 4) is 0 Å². The zero-order chi connectivity index (χ0) is 16.8. The number of benzene rings is 2. The van der Waals surface area contributed by atoms with E-state index in [2.05, 4.69) is 63.8 Å². The highest BCUT2D eigenvalue weighted by Crippen LogP contribution is 2.28. The lowest BCUT2D eigenvalue weighted by Gasteiger charge is -2.14. The molecule has 0 spiro atoms. The van der Waals surface area contributed by atoms with Crippen molar-refractivity contribution in [1.82, 2.24) is 0 Å². The van der Waals surface area contributed by atoms with E-state index in [1.165, 1.54) is 39.6 Å². The van der Waals surface area contributed by atoms with Crippen molar-refractivity contribution in [2.24, 2.45) is 0 Å². The maximum Gasteiger partial charge on any atom is 0.00775 e. The summed E-state index contributed by atoms with van der Waals surface area (Å²) in [6.45, 7) is 10.8. The fourth-order valence-electron chi connectivity index (χ4n) is 3.09. The van der Waals surface area contributed by atoms with Gasteiger partial charge in [0, 0.05) is 6.42 Å². The molecular weight excluding hydrogens is 278 g/mol. The number of hydrogen-bond acceptors (Lipinski definition) is 1. The van der Waals surface area contributed by atoms with Gasteiger partial charge in [0.05, 0.1) is 0 Å². The van der Waals surface area contributed by atoms with E-state index >= 15 is 0 Å². The molecule has 0 aliphatic rings. The summed E-state index contributed by atoms with van der Waals surface area (Å²) in [6.07, 6.45) is 5.30. The Kier molecular flexibility index (Phi) is 5.70. The fourth-order valence-corrected chi connectivity index (χ4v) is 3.09. The second-order valence-corrected chi connectivity index (χ2v) is 5.88. The highest BCUT2D eigenvalue weighted by molar-refractivity contribution is 5.85. The number of nitrogens with one attached hydrogen (secondary N) is 1. The average Bonchev–Trinajstić information content (AvgIpc) is 2.55. The third-order valence-corrected chi connectivity index (χ3v) is 4.22. The quantitative estimate of drug-likeness (QED) is 0.510. The number of rotatable bonds is 6. The Morgan fingerprint density at radius 3 is 2.48 bits per heavy atom. The van der Waals surface area contributed by atoms with E-state index in [0.717, 1.165) is 12.0 Å².